The van der Waals surface area contributed by atoms with Crippen LogP contribution in [0.15, 0.2) is 127 Å². The molecular formula is C46H48O3. The molecule has 0 saturated heterocycles. The van der Waals surface area contributed by atoms with Crippen molar-refractivity contribution in [3.8, 4) is 72.9 Å². The highest BCUT2D eigenvalue weighted by Gasteiger charge is 2.32. The van der Waals surface area contributed by atoms with Crippen molar-refractivity contribution >= 4 is 21.5 Å². The maximum Gasteiger partial charge on any atom is 0.158 e. The van der Waals surface area contributed by atoms with Gasteiger partial charge in [-0.15, -0.1) is 0 Å². The average Bonchev–Trinajstić information content (AvgIpc) is 3.51. The SMILES string of the molecule is CC.CC.CC.CC.Oc1cc2c(-c3ccccc3)c3c(c(-c4ccccc4)c2cc1O)-c1ccc(-c2ccccc2)c2c(O)ccc-3c12. The molecule has 3 N–H and O–H groups in total. The quantitative estimate of drug-likeness (QED) is 0.167. The molecule has 0 fully saturated rings. The molecule has 0 unspecified atom stereocenters. The van der Waals surface area contributed by atoms with Crippen molar-refractivity contribution < 1.29 is 15.3 Å². The number of hydrogen-bond donors (Lipinski definition) is 3. The molecule has 3 nitrogen and oxygen atoms in total. The second-order valence-electron chi connectivity index (χ2n) is 10.5. The van der Waals surface area contributed by atoms with E-state index in [1.165, 1.54) is 0 Å². The largest absolute Gasteiger partial charge is 0.507 e. The van der Waals surface area contributed by atoms with E-state index in [1.807, 2.05) is 116 Å². The molecule has 0 aliphatic heterocycles. The van der Waals surface area contributed by atoms with Crippen molar-refractivity contribution in [3.05, 3.63) is 127 Å². The number of phenolic OH excluding ortho intramolecular Hbond substituents is 3. The van der Waals surface area contributed by atoms with Crippen molar-refractivity contribution in [2.24, 2.45) is 0 Å². The molecule has 1 aliphatic carbocycles. The van der Waals surface area contributed by atoms with Gasteiger partial charge in [-0.3, -0.25) is 0 Å². The fourth-order valence-corrected chi connectivity index (χ4v) is 6.61. The van der Waals surface area contributed by atoms with Crippen molar-refractivity contribution in [2.45, 2.75) is 55.4 Å². The van der Waals surface area contributed by atoms with Crippen LogP contribution in [0.1, 0.15) is 55.4 Å². The van der Waals surface area contributed by atoms with Crippen LogP contribution in [0.25, 0.3) is 77.2 Å². The van der Waals surface area contributed by atoms with Gasteiger partial charge in [-0.1, -0.05) is 159 Å². The summed E-state index contributed by atoms with van der Waals surface area (Å²) in [6.45, 7) is 16.0. The van der Waals surface area contributed by atoms with Gasteiger partial charge in [0, 0.05) is 10.8 Å². The molecule has 49 heavy (non-hydrogen) atoms. The topological polar surface area (TPSA) is 60.7 Å². The first-order valence-corrected chi connectivity index (χ1v) is 17.6. The molecule has 0 amide bonds. The molecule has 0 bridgehead atoms. The summed E-state index contributed by atoms with van der Waals surface area (Å²) >= 11 is 0. The van der Waals surface area contributed by atoms with Crippen LogP contribution in [0, 0.1) is 0 Å². The minimum atomic E-state index is -0.161. The van der Waals surface area contributed by atoms with Crippen molar-refractivity contribution in [1.82, 2.24) is 0 Å². The van der Waals surface area contributed by atoms with Gasteiger partial charge < -0.3 is 15.3 Å². The van der Waals surface area contributed by atoms with E-state index in [0.29, 0.717) is 0 Å². The van der Waals surface area contributed by atoms with Gasteiger partial charge in [0.05, 0.1) is 0 Å². The third-order valence-corrected chi connectivity index (χ3v) is 8.29. The number of phenols is 3. The van der Waals surface area contributed by atoms with Crippen LogP contribution in [0.3, 0.4) is 0 Å². The van der Waals surface area contributed by atoms with E-state index in [-0.39, 0.29) is 17.2 Å². The molecule has 0 radical (unpaired) electrons. The maximum absolute atomic E-state index is 11.3. The van der Waals surface area contributed by atoms with Crippen LogP contribution in [0.5, 0.6) is 17.2 Å². The normalized spacial score (nSPS) is 10.3. The van der Waals surface area contributed by atoms with Gasteiger partial charge in [0.15, 0.2) is 11.5 Å². The van der Waals surface area contributed by atoms with E-state index in [1.54, 1.807) is 18.2 Å². The molecule has 8 rings (SSSR count). The standard InChI is InChI=1S/C38H24O3.4C2H6/c39-30-19-18-27-35-26(17-16-25(36(30)35)22-10-4-1-5-11-22)37-33(23-12-6-2-7-13-23)28-20-31(40)32(41)21-29(28)34(38(27)37)24-14-8-3-9-15-24;4*1-2/h1-21,39-41H;4*1-2H3. The number of fused-ring (bicyclic) bond motifs is 4. The van der Waals surface area contributed by atoms with E-state index >= 15 is 0 Å². The lowest BCUT2D eigenvalue weighted by Gasteiger charge is -2.21. The van der Waals surface area contributed by atoms with Gasteiger partial charge in [-0.05, 0) is 90.7 Å². The summed E-state index contributed by atoms with van der Waals surface area (Å²) in [7, 11) is 0. The van der Waals surface area contributed by atoms with Gasteiger partial charge in [-0.25, -0.2) is 0 Å². The molecule has 0 saturated carbocycles. The summed E-state index contributed by atoms with van der Waals surface area (Å²) in [4.78, 5) is 0. The monoisotopic (exact) mass is 648 g/mol. The van der Waals surface area contributed by atoms with E-state index < -0.39 is 0 Å². The third-order valence-electron chi connectivity index (χ3n) is 8.29. The lowest BCUT2D eigenvalue weighted by Crippen LogP contribution is -1.93. The number of aromatic hydroxyl groups is 3. The molecule has 1 aliphatic rings. The van der Waals surface area contributed by atoms with Gasteiger partial charge >= 0.3 is 0 Å². The van der Waals surface area contributed by atoms with Crippen molar-refractivity contribution in [3.63, 3.8) is 0 Å². The molecule has 0 atom stereocenters. The van der Waals surface area contributed by atoms with Gasteiger partial charge in [-0.2, -0.15) is 0 Å². The summed E-state index contributed by atoms with van der Waals surface area (Å²) in [5.74, 6) is -0.0858. The smallest absolute Gasteiger partial charge is 0.158 e. The van der Waals surface area contributed by atoms with E-state index in [2.05, 4.69) is 48.5 Å². The average molecular weight is 649 g/mol. The predicted molar refractivity (Wildman–Crippen MR) is 213 cm³/mol. The second-order valence-corrected chi connectivity index (χ2v) is 10.5. The minimum absolute atomic E-state index is 0.161. The molecule has 250 valence electrons. The summed E-state index contributed by atoms with van der Waals surface area (Å²) in [5, 5.41) is 36.3. The van der Waals surface area contributed by atoms with E-state index in [9.17, 15) is 15.3 Å². The van der Waals surface area contributed by atoms with E-state index in [0.717, 1.165) is 77.2 Å². The highest BCUT2D eigenvalue weighted by Crippen LogP contribution is 2.60. The first kappa shape index (κ1) is 36.3. The Morgan fingerprint density at radius 3 is 1.06 bits per heavy atom. The Hall–Kier alpha value is -5.54. The Kier molecular flexibility index (Phi) is 12.2. The van der Waals surface area contributed by atoms with Crippen LogP contribution in [0.2, 0.25) is 0 Å². The molecule has 0 heterocycles. The first-order chi connectivity index (χ1) is 24.1. The molecule has 0 spiro atoms. The number of rotatable bonds is 3. The molecule has 7 aromatic rings. The zero-order valence-corrected chi connectivity index (χ0v) is 30.0. The van der Waals surface area contributed by atoms with Crippen LogP contribution < -0.4 is 0 Å². The fourth-order valence-electron chi connectivity index (χ4n) is 6.61. The summed E-state index contributed by atoms with van der Waals surface area (Å²) in [5.41, 5.74) is 10.2. The highest BCUT2D eigenvalue weighted by atomic mass is 16.3. The van der Waals surface area contributed by atoms with Crippen molar-refractivity contribution in [1.29, 1.82) is 0 Å². The zero-order valence-electron chi connectivity index (χ0n) is 30.0. The predicted octanol–water partition coefficient (Wildman–Crippen LogP) is 13.9. The molecule has 0 aromatic heterocycles. The molecule has 7 aromatic carbocycles. The fraction of sp³-hybridized carbons (Fsp3) is 0.174. The van der Waals surface area contributed by atoms with Gasteiger partial charge in [0.2, 0.25) is 0 Å². The van der Waals surface area contributed by atoms with Crippen LogP contribution >= 0.6 is 0 Å². The second kappa shape index (κ2) is 16.5. The molecular weight excluding hydrogens is 601 g/mol. The Balaban J connectivity index is 0.000000633. The first-order valence-electron chi connectivity index (χ1n) is 17.6. The Morgan fingerprint density at radius 2 is 0.653 bits per heavy atom. The Labute approximate surface area is 291 Å². The van der Waals surface area contributed by atoms with Crippen molar-refractivity contribution in [2.75, 3.05) is 0 Å². The summed E-state index contributed by atoms with van der Waals surface area (Å²) < 4.78 is 0. The van der Waals surface area contributed by atoms with Gasteiger partial charge in [0.1, 0.15) is 5.75 Å². The third kappa shape index (κ3) is 6.37. The zero-order chi connectivity index (χ0) is 35.7. The van der Waals surface area contributed by atoms with Crippen LogP contribution in [-0.4, -0.2) is 15.3 Å². The lowest BCUT2D eigenvalue weighted by molar-refractivity contribution is 0.405. The molecule has 3 heteroatoms. The van der Waals surface area contributed by atoms with Crippen LogP contribution in [-0.2, 0) is 0 Å². The maximum atomic E-state index is 11.3. The van der Waals surface area contributed by atoms with Crippen LogP contribution in [0.4, 0.5) is 0 Å². The number of benzene rings is 7. The highest BCUT2D eigenvalue weighted by molar-refractivity contribution is 6.29. The Morgan fingerprint density at radius 1 is 0.306 bits per heavy atom. The summed E-state index contributed by atoms with van der Waals surface area (Å²) in [6.07, 6.45) is 0. The minimum Gasteiger partial charge on any atom is -0.507 e. The van der Waals surface area contributed by atoms with Gasteiger partial charge in [0.25, 0.3) is 0 Å². The Bertz CT molecular complexity index is 2050. The van der Waals surface area contributed by atoms with E-state index in [4.69, 9.17) is 0 Å². The summed E-state index contributed by atoms with van der Waals surface area (Å²) in [6, 6.07) is 41.9. The number of hydrogen-bond acceptors (Lipinski definition) is 3. The lowest BCUT2D eigenvalue weighted by atomic mass is 9.82.